The van der Waals surface area contributed by atoms with Crippen molar-refractivity contribution in [2.45, 2.75) is 4.90 Å². The molecule has 0 aliphatic rings. The predicted molar refractivity (Wildman–Crippen MR) is 88.5 cm³/mol. The minimum Gasteiger partial charge on any atom is -0.399 e. The van der Waals surface area contributed by atoms with E-state index in [-0.39, 0.29) is 4.90 Å². The highest BCUT2D eigenvalue weighted by Gasteiger charge is 2.19. The Balaban J connectivity index is 2.46. The molecular weight excluding hydrogens is 431 g/mol. The molecule has 0 radical (unpaired) electrons. The number of anilines is 2. The number of hydrogen-bond acceptors (Lipinski definition) is 3. The van der Waals surface area contributed by atoms with E-state index < -0.39 is 10.0 Å². The molecule has 106 valence electrons. The summed E-state index contributed by atoms with van der Waals surface area (Å²) < 4.78 is 28.1. The number of nitrogens with two attached hydrogens (primary N) is 1. The topological polar surface area (TPSA) is 72.2 Å². The van der Waals surface area contributed by atoms with Gasteiger partial charge in [-0.3, -0.25) is 4.72 Å². The fraction of sp³-hybridized carbons (Fsp3) is 0. The lowest BCUT2D eigenvalue weighted by Crippen LogP contribution is -2.14. The van der Waals surface area contributed by atoms with Crippen molar-refractivity contribution >= 4 is 64.9 Å². The fourth-order valence-electron chi connectivity index (χ4n) is 1.51. The summed E-state index contributed by atoms with van der Waals surface area (Å²) in [7, 11) is -3.77. The highest BCUT2D eigenvalue weighted by atomic mass is 79.9. The van der Waals surface area contributed by atoms with E-state index in [0.29, 0.717) is 25.3 Å². The first-order valence-corrected chi connectivity index (χ1v) is 8.78. The molecule has 0 saturated carbocycles. The molecule has 0 fully saturated rings. The molecule has 0 aliphatic heterocycles. The van der Waals surface area contributed by atoms with Gasteiger partial charge in [-0.05, 0) is 62.2 Å². The van der Waals surface area contributed by atoms with Gasteiger partial charge in [0.1, 0.15) is 4.90 Å². The molecule has 0 saturated heterocycles. The van der Waals surface area contributed by atoms with Crippen LogP contribution in [0.3, 0.4) is 0 Å². The zero-order valence-corrected chi connectivity index (χ0v) is 14.6. The van der Waals surface area contributed by atoms with Crippen LogP contribution in [0, 0.1) is 0 Å². The van der Waals surface area contributed by atoms with Gasteiger partial charge in [0.2, 0.25) is 0 Å². The second kappa shape index (κ2) is 5.93. The van der Waals surface area contributed by atoms with E-state index in [4.69, 9.17) is 17.3 Å². The monoisotopic (exact) mass is 438 g/mol. The molecule has 2 aromatic rings. The Hall–Kier alpha value is -0.760. The second-order valence-electron chi connectivity index (χ2n) is 3.90. The molecule has 4 nitrogen and oxygen atoms in total. The summed E-state index contributed by atoms with van der Waals surface area (Å²) in [5.41, 5.74) is 6.34. The molecule has 2 rings (SSSR count). The Morgan fingerprint density at radius 1 is 1.15 bits per heavy atom. The van der Waals surface area contributed by atoms with Crippen LogP contribution < -0.4 is 10.5 Å². The van der Waals surface area contributed by atoms with Gasteiger partial charge in [0.05, 0.1) is 15.2 Å². The first-order valence-electron chi connectivity index (χ1n) is 5.33. The smallest absolute Gasteiger partial charge is 0.263 e. The second-order valence-corrected chi connectivity index (χ2v) is 7.60. The Kier molecular flexibility index (Phi) is 4.63. The summed E-state index contributed by atoms with van der Waals surface area (Å²) in [6, 6.07) is 9.48. The first kappa shape index (κ1) is 15.6. The van der Waals surface area contributed by atoms with Crippen LogP contribution in [-0.4, -0.2) is 8.42 Å². The summed E-state index contributed by atoms with van der Waals surface area (Å²) in [5, 5.41) is 0.414. The lowest BCUT2D eigenvalue weighted by Gasteiger charge is -2.12. The largest absolute Gasteiger partial charge is 0.399 e. The molecule has 2 aromatic carbocycles. The minimum absolute atomic E-state index is 0.0596. The van der Waals surface area contributed by atoms with Gasteiger partial charge in [-0.1, -0.05) is 17.7 Å². The average molecular weight is 441 g/mol. The standard InChI is InChI=1S/C12H9Br2ClN2O2S/c13-8-5-4-7(16)6-11(8)20(18,19)17-10-3-1-2-9(15)12(10)14/h1-6,17H,16H2. The molecule has 20 heavy (non-hydrogen) atoms. The van der Waals surface area contributed by atoms with Crippen molar-refractivity contribution in [3.05, 3.63) is 50.4 Å². The SMILES string of the molecule is Nc1ccc(Br)c(S(=O)(=O)Nc2cccc(Cl)c2Br)c1. The Morgan fingerprint density at radius 2 is 1.85 bits per heavy atom. The number of nitrogens with one attached hydrogen (secondary N) is 1. The van der Waals surface area contributed by atoms with Gasteiger partial charge in [0.25, 0.3) is 10.0 Å². The van der Waals surface area contributed by atoms with Crippen molar-refractivity contribution in [1.82, 2.24) is 0 Å². The zero-order valence-electron chi connectivity index (χ0n) is 9.90. The number of nitrogen functional groups attached to an aromatic ring is 1. The molecule has 0 atom stereocenters. The molecular formula is C12H9Br2ClN2O2S. The van der Waals surface area contributed by atoms with Gasteiger partial charge in [-0.2, -0.15) is 0 Å². The lowest BCUT2D eigenvalue weighted by atomic mass is 10.3. The van der Waals surface area contributed by atoms with Gasteiger partial charge in [-0.15, -0.1) is 0 Å². The van der Waals surface area contributed by atoms with E-state index in [1.54, 1.807) is 30.3 Å². The minimum atomic E-state index is -3.77. The van der Waals surface area contributed by atoms with Crippen molar-refractivity contribution in [3.8, 4) is 0 Å². The molecule has 0 heterocycles. The van der Waals surface area contributed by atoms with E-state index >= 15 is 0 Å². The molecule has 3 N–H and O–H groups in total. The number of sulfonamides is 1. The third-order valence-corrected chi connectivity index (χ3v) is 6.20. The molecule has 0 spiro atoms. The third-order valence-electron chi connectivity index (χ3n) is 2.44. The molecule has 0 bridgehead atoms. The van der Waals surface area contributed by atoms with Crippen molar-refractivity contribution in [2.24, 2.45) is 0 Å². The van der Waals surface area contributed by atoms with Crippen molar-refractivity contribution < 1.29 is 8.42 Å². The van der Waals surface area contributed by atoms with Crippen LogP contribution >= 0.6 is 43.5 Å². The maximum Gasteiger partial charge on any atom is 0.263 e. The maximum absolute atomic E-state index is 12.4. The summed E-state index contributed by atoms with van der Waals surface area (Å²) in [6.07, 6.45) is 0. The van der Waals surface area contributed by atoms with Gasteiger partial charge in [-0.25, -0.2) is 8.42 Å². The van der Waals surface area contributed by atoms with Crippen LogP contribution in [0.1, 0.15) is 0 Å². The van der Waals surface area contributed by atoms with Crippen molar-refractivity contribution in [3.63, 3.8) is 0 Å². The van der Waals surface area contributed by atoms with E-state index in [2.05, 4.69) is 36.6 Å². The number of hydrogen-bond donors (Lipinski definition) is 2. The van der Waals surface area contributed by atoms with Crippen molar-refractivity contribution in [1.29, 1.82) is 0 Å². The number of rotatable bonds is 3. The highest BCUT2D eigenvalue weighted by Crippen LogP contribution is 2.33. The maximum atomic E-state index is 12.4. The van der Waals surface area contributed by atoms with Gasteiger partial charge >= 0.3 is 0 Å². The number of benzene rings is 2. The molecule has 0 aliphatic carbocycles. The number of halogens is 3. The summed E-state index contributed by atoms with van der Waals surface area (Å²) in [4.78, 5) is 0.0596. The van der Waals surface area contributed by atoms with E-state index in [1.807, 2.05) is 0 Å². The van der Waals surface area contributed by atoms with E-state index in [1.165, 1.54) is 6.07 Å². The molecule has 0 amide bonds. The van der Waals surface area contributed by atoms with Crippen LogP contribution in [0.4, 0.5) is 11.4 Å². The zero-order chi connectivity index (χ0) is 14.9. The van der Waals surface area contributed by atoms with Crippen LogP contribution in [0.5, 0.6) is 0 Å². The average Bonchev–Trinajstić information content (AvgIpc) is 2.37. The fourth-order valence-corrected chi connectivity index (χ4v) is 4.25. The van der Waals surface area contributed by atoms with Gasteiger partial charge in [0, 0.05) is 10.2 Å². The molecule has 0 unspecified atom stereocenters. The first-order chi connectivity index (χ1) is 9.31. The van der Waals surface area contributed by atoms with Crippen molar-refractivity contribution in [2.75, 3.05) is 10.5 Å². The van der Waals surface area contributed by atoms with Crippen LogP contribution in [0.25, 0.3) is 0 Å². The molecule has 0 aromatic heterocycles. The Labute approximate surface area is 138 Å². The predicted octanol–water partition coefficient (Wildman–Crippen LogP) is 4.25. The summed E-state index contributed by atoms with van der Waals surface area (Å²) >= 11 is 12.4. The lowest BCUT2D eigenvalue weighted by molar-refractivity contribution is 0.601. The highest BCUT2D eigenvalue weighted by molar-refractivity contribution is 9.11. The van der Waals surface area contributed by atoms with Crippen LogP contribution in [0.15, 0.2) is 50.2 Å². The summed E-state index contributed by atoms with van der Waals surface area (Å²) in [5.74, 6) is 0. The Bertz CT molecular complexity index is 766. The molecule has 8 heteroatoms. The van der Waals surface area contributed by atoms with Crippen LogP contribution in [0.2, 0.25) is 5.02 Å². The quantitative estimate of drug-likeness (QED) is 0.701. The Morgan fingerprint density at radius 3 is 2.55 bits per heavy atom. The van der Waals surface area contributed by atoms with E-state index in [0.717, 1.165) is 0 Å². The third kappa shape index (κ3) is 3.28. The van der Waals surface area contributed by atoms with E-state index in [9.17, 15) is 8.42 Å². The summed E-state index contributed by atoms with van der Waals surface area (Å²) in [6.45, 7) is 0. The van der Waals surface area contributed by atoms with Gasteiger partial charge in [0.15, 0.2) is 0 Å². The normalized spacial score (nSPS) is 11.3. The van der Waals surface area contributed by atoms with Crippen LogP contribution in [-0.2, 0) is 10.0 Å². The van der Waals surface area contributed by atoms with Gasteiger partial charge < -0.3 is 5.73 Å².